The van der Waals surface area contributed by atoms with E-state index >= 15 is 0 Å². The zero-order chi connectivity index (χ0) is 22.6. The maximum Gasteiger partial charge on any atom is 0.315 e. The summed E-state index contributed by atoms with van der Waals surface area (Å²) in [5.41, 5.74) is 0.709. The molecule has 4 N–H and O–H groups in total. The Morgan fingerprint density at radius 3 is 2.29 bits per heavy atom. The lowest BCUT2D eigenvalue weighted by molar-refractivity contribution is -0.114. The van der Waals surface area contributed by atoms with Crippen molar-refractivity contribution in [3.05, 3.63) is 48.5 Å². The van der Waals surface area contributed by atoms with E-state index in [0.29, 0.717) is 17.1 Å². The Bertz CT molecular complexity index is 1240. The van der Waals surface area contributed by atoms with Crippen molar-refractivity contribution in [3.63, 3.8) is 0 Å². The summed E-state index contributed by atoms with van der Waals surface area (Å²) in [6.45, 7) is 1.35. The number of benzene rings is 2. The highest BCUT2D eigenvalue weighted by molar-refractivity contribution is 7.86. The van der Waals surface area contributed by atoms with Crippen LogP contribution in [0.4, 0.5) is 33.3 Å². The van der Waals surface area contributed by atoms with Gasteiger partial charge in [-0.05, 0) is 30.3 Å². The van der Waals surface area contributed by atoms with Crippen molar-refractivity contribution >= 4 is 45.0 Å². The average Bonchev–Trinajstić information content (AvgIpc) is 2.67. The van der Waals surface area contributed by atoms with Crippen LogP contribution < -0.4 is 20.7 Å². The molecule has 3 rings (SSSR count). The summed E-state index contributed by atoms with van der Waals surface area (Å²) >= 11 is 0. The molecule has 0 spiro atoms. The van der Waals surface area contributed by atoms with Crippen LogP contribution in [0.1, 0.15) is 6.92 Å². The summed E-state index contributed by atoms with van der Waals surface area (Å²) in [5.74, 6) is -0.465. The van der Waals surface area contributed by atoms with Crippen LogP contribution in [0.2, 0.25) is 0 Å². The molecule has 0 saturated heterocycles. The minimum absolute atomic E-state index is 0.0632. The SMILES string of the molecule is COc1ccc(NC(C)=O)cc1Nc1nc(F)nc(Nc2ccccc2S(=O)(=O)O)n1. The van der Waals surface area contributed by atoms with E-state index in [-0.39, 0.29) is 23.5 Å². The number of hydrogen-bond acceptors (Lipinski definition) is 9. The number of nitrogens with zero attached hydrogens (tertiary/aromatic N) is 3. The maximum absolute atomic E-state index is 14.0. The number of rotatable bonds is 7. The van der Waals surface area contributed by atoms with E-state index in [0.717, 1.165) is 6.07 Å². The lowest BCUT2D eigenvalue weighted by Gasteiger charge is -2.13. The Morgan fingerprint density at radius 1 is 1.03 bits per heavy atom. The normalized spacial score (nSPS) is 11.0. The van der Waals surface area contributed by atoms with Crippen LogP contribution in [0.15, 0.2) is 47.4 Å². The van der Waals surface area contributed by atoms with Crippen LogP contribution in [-0.4, -0.2) is 40.9 Å². The first-order chi connectivity index (χ1) is 14.7. The minimum atomic E-state index is -4.54. The highest BCUT2D eigenvalue weighted by Gasteiger charge is 2.17. The lowest BCUT2D eigenvalue weighted by atomic mass is 10.2. The molecular formula is C18H17FN6O5S. The fourth-order valence-electron chi connectivity index (χ4n) is 2.58. The fourth-order valence-corrected chi connectivity index (χ4v) is 3.23. The Labute approximate surface area is 176 Å². The van der Waals surface area contributed by atoms with Crippen molar-refractivity contribution < 1.29 is 26.9 Å². The van der Waals surface area contributed by atoms with Crippen LogP contribution >= 0.6 is 0 Å². The first-order valence-electron chi connectivity index (χ1n) is 8.63. The number of carbonyl (C=O) groups is 1. The minimum Gasteiger partial charge on any atom is -0.495 e. The molecule has 0 saturated carbocycles. The first-order valence-corrected chi connectivity index (χ1v) is 10.1. The number of nitrogens with one attached hydrogen (secondary N) is 3. The summed E-state index contributed by atoms with van der Waals surface area (Å²) in [6, 6.07) is 10.1. The van der Waals surface area contributed by atoms with E-state index in [9.17, 15) is 22.2 Å². The molecule has 0 atom stereocenters. The summed E-state index contributed by atoms with van der Waals surface area (Å²) < 4.78 is 51.6. The Balaban J connectivity index is 1.94. The average molecular weight is 448 g/mol. The van der Waals surface area contributed by atoms with Crippen molar-refractivity contribution in [2.75, 3.05) is 23.1 Å². The number of para-hydroxylation sites is 1. The van der Waals surface area contributed by atoms with Crippen molar-refractivity contribution in [1.82, 2.24) is 15.0 Å². The van der Waals surface area contributed by atoms with Gasteiger partial charge < -0.3 is 20.7 Å². The van der Waals surface area contributed by atoms with Gasteiger partial charge in [0.1, 0.15) is 10.6 Å². The zero-order valence-electron chi connectivity index (χ0n) is 16.2. The molecule has 13 heteroatoms. The third kappa shape index (κ3) is 5.61. The summed E-state index contributed by atoms with van der Waals surface area (Å²) in [4.78, 5) is 21.9. The van der Waals surface area contributed by atoms with Crippen molar-refractivity contribution in [2.45, 2.75) is 11.8 Å². The van der Waals surface area contributed by atoms with Gasteiger partial charge >= 0.3 is 6.08 Å². The quantitative estimate of drug-likeness (QED) is 0.396. The molecule has 0 aliphatic rings. The highest BCUT2D eigenvalue weighted by Crippen LogP contribution is 2.30. The van der Waals surface area contributed by atoms with Gasteiger partial charge in [0, 0.05) is 12.6 Å². The summed E-state index contributed by atoms with van der Waals surface area (Å²) in [7, 11) is -3.12. The maximum atomic E-state index is 14.0. The van der Waals surface area contributed by atoms with E-state index in [1.54, 1.807) is 12.1 Å². The molecule has 1 amide bonds. The molecule has 11 nitrogen and oxygen atoms in total. The van der Waals surface area contributed by atoms with Crippen LogP contribution in [-0.2, 0) is 14.9 Å². The summed E-state index contributed by atoms with van der Waals surface area (Å²) in [5, 5.41) is 7.91. The molecule has 0 unspecified atom stereocenters. The van der Waals surface area contributed by atoms with Crippen molar-refractivity contribution in [3.8, 4) is 5.75 Å². The predicted molar refractivity (Wildman–Crippen MR) is 110 cm³/mol. The van der Waals surface area contributed by atoms with Crippen LogP contribution in [0.3, 0.4) is 0 Å². The number of aromatic nitrogens is 3. The fraction of sp³-hybridized carbons (Fsp3) is 0.111. The van der Waals surface area contributed by atoms with E-state index in [1.165, 1.54) is 38.3 Å². The third-order valence-corrected chi connectivity index (χ3v) is 4.70. The molecule has 0 aliphatic carbocycles. The molecular weight excluding hydrogens is 431 g/mol. The number of anilines is 5. The van der Waals surface area contributed by atoms with Crippen molar-refractivity contribution in [2.24, 2.45) is 0 Å². The second kappa shape index (κ2) is 8.89. The van der Waals surface area contributed by atoms with Crippen LogP contribution in [0.25, 0.3) is 0 Å². The Morgan fingerprint density at radius 2 is 1.68 bits per heavy atom. The predicted octanol–water partition coefficient (Wildman–Crippen LogP) is 2.71. The largest absolute Gasteiger partial charge is 0.495 e. The molecule has 0 fully saturated rings. The number of ether oxygens (including phenoxy) is 1. The molecule has 0 bridgehead atoms. The van der Waals surface area contributed by atoms with E-state index in [4.69, 9.17) is 4.74 Å². The molecule has 0 aliphatic heterocycles. The summed E-state index contributed by atoms with van der Waals surface area (Å²) in [6.07, 6.45) is -1.15. The second-order valence-corrected chi connectivity index (χ2v) is 7.46. The number of carbonyl (C=O) groups excluding carboxylic acids is 1. The number of amides is 1. The molecule has 1 heterocycles. The number of hydrogen-bond donors (Lipinski definition) is 4. The molecule has 0 radical (unpaired) electrons. The van der Waals surface area contributed by atoms with Crippen LogP contribution in [0, 0.1) is 6.08 Å². The molecule has 3 aromatic rings. The van der Waals surface area contributed by atoms with Gasteiger partial charge in [-0.3, -0.25) is 9.35 Å². The van der Waals surface area contributed by atoms with Gasteiger partial charge in [-0.15, -0.1) is 0 Å². The first kappa shape index (κ1) is 21.9. The number of halogens is 1. The van der Waals surface area contributed by atoms with E-state index in [2.05, 4.69) is 30.9 Å². The monoisotopic (exact) mass is 448 g/mol. The van der Waals surface area contributed by atoms with E-state index < -0.39 is 21.1 Å². The van der Waals surface area contributed by atoms with Gasteiger partial charge in [0.05, 0.1) is 18.5 Å². The lowest BCUT2D eigenvalue weighted by Crippen LogP contribution is -2.09. The Kier molecular flexibility index (Phi) is 6.27. The highest BCUT2D eigenvalue weighted by atomic mass is 32.2. The van der Waals surface area contributed by atoms with Gasteiger partial charge in [0.25, 0.3) is 10.1 Å². The van der Waals surface area contributed by atoms with Crippen LogP contribution in [0.5, 0.6) is 5.75 Å². The van der Waals surface area contributed by atoms with Gasteiger partial charge in [0.15, 0.2) is 0 Å². The second-order valence-electron chi connectivity index (χ2n) is 6.07. The molecule has 31 heavy (non-hydrogen) atoms. The van der Waals surface area contributed by atoms with Gasteiger partial charge in [-0.25, -0.2) is 0 Å². The van der Waals surface area contributed by atoms with Gasteiger partial charge in [-0.2, -0.15) is 27.8 Å². The topological polar surface area (TPSA) is 155 Å². The number of methoxy groups -OCH3 is 1. The molecule has 1 aromatic heterocycles. The molecule has 2 aromatic carbocycles. The van der Waals surface area contributed by atoms with E-state index in [1.807, 2.05) is 0 Å². The third-order valence-electron chi connectivity index (χ3n) is 3.79. The van der Waals surface area contributed by atoms with Crippen molar-refractivity contribution in [1.29, 1.82) is 0 Å². The smallest absolute Gasteiger partial charge is 0.315 e. The standard InChI is InChI=1S/C18H17FN6O5S/c1-10(26)20-11-7-8-14(30-2)13(9-11)22-18-24-16(19)23-17(25-18)21-12-5-3-4-6-15(12)31(27,28)29/h3-9H,1-2H3,(H,20,26)(H,27,28,29)(H2,21,22,23,24,25). The zero-order valence-corrected chi connectivity index (χ0v) is 17.1. The van der Waals surface area contributed by atoms with Gasteiger partial charge in [-0.1, -0.05) is 12.1 Å². The molecule has 162 valence electrons. The Hall–Kier alpha value is -3.84. The van der Waals surface area contributed by atoms with Gasteiger partial charge in [0.2, 0.25) is 17.8 Å².